The highest BCUT2D eigenvalue weighted by Gasteiger charge is 2.26. The number of carboxylic acids is 1. The second-order valence-corrected chi connectivity index (χ2v) is 11.3. The summed E-state index contributed by atoms with van der Waals surface area (Å²) < 4.78 is 5.25. The molecule has 4 aromatic rings. The molecule has 0 amide bonds. The molecule has 0 unspecified atom stereocenters. The predicted octanol–water partition coefficient (Wildman–Crippen LogP) is 3.86. The number of carboxylic acid groups (broad SMARTS) is 1. The molecule has 0 aliphatic carbocycles. The molecule has 5 N–H and O–H groups in total. The van der Waals surface area contributed by atoms with Gasteiger partial charge in [-0.15, -0.1) is 0 Å². The second-order valence-electron chi connectivity index (χ2n) is 9.94. The number of carbonyl (C=O) groups is 1. The first-order chi connectivity index (χ1) is 19.9. The number of benzene rings is 2. The number of aliphatic hydroxyl groups is 1. The summed E-state index contributed by atoms with van der Waals surface area (Å²) in [6.07, 6.45) is 0. The summed E-state index contributed by atoms with van der Waals surface area (Å²) in [4.78, 5) is 25.2. The highest BCUT2D eigenvalue weighted by Crippen LogP contribution is 2.34. The molecular weight excluding hydrogens is 566 g/mol. The minimum atomic E-state index is -0.921. The van der Waals surface area contributed by atoms with Gasteiger partial charge < -0.3 is 30.4 Å². The summed E-state index contributed by atoms with van der Waals surface area (Å²) in [7, 11) is 0. The van der Waals surface area contributed by atoms with Crippen molar-refractivity contribution in [3.05, 3.63) is 59.1 Å². The van der Waals surface area contributed by atoms with Crippen LogP contribution in [0.5, 0.6) is 5.75 Å². The molecule has 1 fully saturated rings. The number of ether oxygens (including phenoxy) is 1. The van der Waals surface area contributed by atoms with Gasteiger partial charge in [-0.25, -0.2) is 9.97 Å². The quantitative estimate of drug-likeness (QED) is 0.107. The van der Waals surface area contributed by atoms with Crippen molar-refractivity contribution in [2.24, 2.45) is 5.92 Å². The fourth-order valence-electron chi connectivity index (χ4n) is 4.83. The first-order valence-corrected chi connectivity index (χ1v) is 14.7. The van der Waals surface area contributed by atoms with Gasteiger partial charge in [-0.3, -0.25) is 9.69 Å². The lowest BCUT2D eigenvalue weighted by atomic mass is 9.97. The number of nitrogens with zero attached hydrogens (tertiary/aromatic N) is 3. The average Bonchev–Trinajstić information content (AvgIpc) is 3.33. The Balaban J connectivity index is 1.17. The van der Waals surface area contributed by atoms with Crippen LogP contribution >= 0.6 is 23.4 Å². The first kappa shape index (κ1) is 29.3. The van der Waals surface area contributed by atoms with Gasteiger partial charge in [-0.05, 0) is 29.2 Å². The van der Waals surface area contributed by atoms with Gasteiger partial charge in [0.1, 0.15) is 5.75 Å². The van der Waals surface area contributed by atoms with Gasteiger partial charge in [0.2, 0.25) is 0 Å². The van der Waals surface area contributed by atoms with Crippen molar-refractivity contribution in [1.29, 1.82) is 0 Å². The number of halogens is 1. The van der Waals surface area contributed by atoms with Gasteiger partial charge in [-0.1, -0.05) is 59.8 Å². The van der Waals surface area contributed by atoms with Crippen LogP contribution in [-0.2, 0) is 16.1 Å². The van der Waals surface area contributed by atoms with Crippen LogP contribution in [0.4, 0.5) is 0 Å². The molecule has 216 valence electrons. The summed E-state index contributed by atoms with van der Waals surface area (Å²) in [5, 5.41) is 32.7. The number of hydrogen-bond acceptors (Lipinski definition) is 9. The number of hydrogen-bond donors (Lipinski definition) is 5. The molecule has 1 aliphatic rings. The van der Waals surface area contributed by atoms with E-state index in [1.165, 1.54) is 0 Å². The lowest BCUT2D eigenvalue weighted by molar-refractivity contribution is -0.133. The summed E-state index contributed by atoms with van der Waals surface area (Å²) in [6, 6.07) is 15.2. The van der Waals surface area contributed by atoms with E-state index in [2.05, 4.69) is 31.2 Å². The Hall–Kier alpha value is -3.19. The minimum absolute atomic E-state index is 0.0541. The number of phenols is 1. The number of aromatic hydroxyl groups is 1. The Bertz CT molecular complexity index is 1490. The zero-order valence-electron chi connectivity index (χ0n) is 22.3. The number of nitrogens with one attached hydrogen (secondary N) is 2. The van der Waals surface area contributed by atoms with E-state index in [0.29, 0.717) is 46.2 Å². The molecule has 2 aromatic heterocycles. The third kappa shape index (κ3) is 7.56. The first-order valence-electron chi connectivity index (χ1n) is 13.3. The maximum absolute atomic E-state index is 10.8. The lowest BCUT2D eigenvalue weighted by Crippen LogP contribution is -2.50. The second kappa shape index (κ2) is 13.6. The molecule has 10 nitrogen and oxygen atoms in total. The van der Waals surface area contributed by atoms with Crippen LogP contribution in [-0.4, -0.2) is 92.9 Å². The lowest BCUT2D eigenvalue weighted by Gasteiger charge is -2.39. The molecule has 1 aliphatic heterocycles. The van der Waals surface area contributed by atoms with Crippen LogP contribution < -0.4 is 5.32 Å². The van der Waals surface area contributed by atoms with Gasteiger partial charge in [0.15, 0.2) is 10.8 Å². The fourth-order valence-corrected chi connectivity index (χ4v) is 5.69. The number of imidazole rings is 1. The number of fused-ring (bicyclic) bond motifs is 1. The van der Waals surface area contributed by atoms with E-state index in [9.17, 15) is 9.90 Å². The molecule has 2 aromatic carbocycles. The SMILES string of the molecule is O=C(O)CSc1nc2nc(-c3ccc(-c4ccc(CN5CC(CNCCOCCO)C5)cc4O)cc3)c(Cl)cc2[nH]1. The topological polar surface area (TPSA) is 144 Å². The van der Waals surface area contributed by atoms with Crippen LogP contribution in [0.1, 0.15) is 5.56 Å². The van der Waals surface area contributed by atoms with Crippen molar-refractivity contribution in [3.8, 4) is 28.1 Å². The minimum Gasteiger partial charge on any atom is -0.507 e. The number of aromatic nitrogens is 3. The summed E-state index contributed by atoms with van der Waals surface area (Å²) in [5.41, 5.74) is 5.17. The number of aromatic amines is 1. The Morgan fingerprint density at radius 2 is 1.90 bits per heavy atom. The molecular formula is C29H32ClN5O5S. The molecule has 0 radical (unpaired) electrons. The molecule has 0 atom stereocenters. The largest absolute Gasteiger partial charge is 0.507 e. The monoisotopic (exact) mass is 597 g/mol. The highest BCUT2D eigenvalue weighted by molar-refractivity contribution is 7.99. The smallest absolute Gasteiger partial charge is 0.313 e. The van der Waals surface area contributed by atoms with Crippen molar-refractivity contribution in [3.63, 3.8) is 0 Å². The van der Waals surface area contributed by atoms with Gasteiger partial charge in [-0.2, -0.15) is 0 Å². The molecule has 5 rings (SSSR count). The number of aliphatic carboxylic acids is 1. The summed E-state index contributed by atoms with van der Waals surface area (Å²) in [5.74, 6) is -0.183. The molecule has 41 heavy (non-hydrogen) atoms. The summed E-state index contributed by atoms with van der Waals surface area (Å²) >= 11 is 7.61. The Labute approximate surface area is 246 Å². The van der Waals surface area contributed by atoms with E-state index in [-0.39, 0.29) is 18.1 Å². The predicted molar refractivity (Wildman–Crippen MR) is 159 cm³/mol. The number of phenolic OH excluding ortho intramolecular Hbond substituents is 1. The van der Waals surface area contributed by atoms with Crippen LogP contribution in [0.3, 0.4) is 0 Å². The standard InChI is InChI=1S/C29H32ClN5O5S/c30-23-12-24-28(34-29(32-24)41-17-26(38)39)33-27(23)21-4-2-20(3-5-21)22-6-1-18(11-25(22)37)14-35-15-19(16-35)13-31-7-9-40-10-8-36/h1-6,11-12,19,31,36-37H,7-10,13-17H2,(H,38,39)(H,32,33,34). The zero-order chi connectivity index (χ0) is 28.8. The van der Waals surface area contributed by atoms with E-state index < -0.39 is 5.97 Å². The highest BCUT2D eigenvalue weighted by atomic mass is 35.5. The van der Waals surface area contributed by atoms with Crippen molar-refractivity contribution in [2.45, 2.75) is 11.7 Å². The van der Waals surface area contributed by atoms with E-state index >= 15 is 0 Å². The molecule has 1 saturated heterocycles. The third-order valence-corrected chi connectivity index (χ3v) is 7.95. The third-order valence-electron chi connectivity index (χ3n) is 6.80. The summed E-state index contributed by atoms with van der Waals surface area (Å²) in [6.45, 7) is 5.58. The number of H-pyrrole nitrogens is 1. The molecule has 3 heterocycles. The number of pyridine rings is 1. The van der Waals surface area contributed by atoms with Gasteiger partial charge in [0.25, 0.3) is 0 Å². The van der Waals surface area contributed by atoms with E-state index in [0.717, 1.165) is 66.7 Å². The van der Waals surface area contributed by atoms with Crippen LogP contribution in [0, 0.1) is 5.92 Å². The van der Waals surface area contributed by atoms with E-state index in [4.69, 9.17) is 26.6 Å². The van der Waals surface area contributed by atoms with Crippen molar-refractivity contribution < 1.29 is 24.9 Å². The fraction of sp³-hybridized carbons (Fsp3) is 0.345. The van der Waals surface area contributed by atoms with Crippen LogP contribution in [0.2, 0.25) is 5.02 Å². The van der Waals surface area contributed by atoms with Crippen LogP contribution in [0.15, 0.2) is 53.7 Å². The Kier molecular flexibility index (Phi) is 9.76. The molecule has 0 spiro atoms. The van der Waals surface area contributed by atoms with Crippen molar-refractivity contribution >= 4 is 40.5 Å². The molecule has 0 bridgehead atoms. The Morgan fingerprint density at radius 3 is 2.63 bits per heavy atom. The average molecular weight is 598 g/mol. The zero-order valence-corrected chi connectivity index (χ0v) is 23.9. The van der Waals surface area contributed by atoms with Gasteiger partial charge >= 0.3 is 5.97 Å². The normalized spacial score (nSPS) is 14.0. The van der Waals surface area contributed by atoms with Gasteiger partial charge in [0, 0.05) is 43.9 Å². The maximum Gasteiger partial charge on any atom is 0.313 e. The number of rotatable bonds is 14. The van der Waals surface area contributed by atoms with Crippen LogP contribution in [0.25, 0.3) is 33.5 Å². The van der Waals surface area contributed by atoms with E-state index in [1.807, 2.05) is 36.4 Å². The number of aliphatic hydroxyl groups excluding tert-OH is 1. The van der Waals surface area contributed by atoms with Gasteiger partial charge in [0.05, 0.1) is 41.8 Å². The molecule has 0 saturated carbocycles. The number of likely N-dealkylation sites (tertiary alicyclic amines) is 1. The maximum atomic E-state index is 10.8. The van der Waals surface area contributed by atoms with E-state index in [1.54, 1.807) is 6.07 Å². The molecule has 12 heteroatoms. The Morgan fingerprint density at radius 1 is 1.12 bits per heavy atom. The van der Waals surface area contributed by atoms with Crippen molar-refractivity contribution in [1.82, 2.24) is 25.2 Å². The number of thioether (sulfide) groups is 1. The van der Waals surface area contributed by atoms with Crippen molar-refractivity contribution in [2.75, 3.05) is 51.8 Å².